The number of amides is 1. The van der Waals surface area contributed by atoms with Crippen molar-refractivity contribution in [2.75, 3.05) is 11.9 Å². The number of rotatable bonds is 6. The number of ether oxygens (including phenoxy) is 1. The number of nitro groups is 1. The molecule has 0 unspecified atom stereocenters. The molecule has 120 valence electrons. The van der Waals surface area contributed by atoms with Crippen LogP contribution in [0.4, 0.5) is 11.4 Å². The van der Waals surface area contributed by atoms with E-state index in [1.807, 2.05) is 31.2 Å². The van der Waals surface area contributed by atoms with Crippen LogP contribution < -0.4 is 10.1 Å². The number of hydrogen-bond donors (Lipinski definition) is 1. The van der Waals surface area contributed by atoms with Crippen LogP contribution in [-0.4, -0.2) is 17.4 Å². The van der Waals surface area contributed by atoms with Gasteiger partial charge in [-0.3, -0.25) is 14.9 Å². The number of aryl methyl sites for hydroxylation is 2. The van der Waals surface area contributed by atoms with Crippen molar-refractivity contribution >= 4 is 17.3 Å². The zero-order valence-corrected chi connectivity index (χ0v) is 13.0. The van der Waals surface area contributed by atoms with Gasteiger partial charge in [0.05, 0.1) is 4.92 Å². The van der Waals surface area contributed by atoms with Gasteiger partial charge in [-0.05, 0) is 36.6 Å². The fraction of sp³-hybridized carbons (Fsp3) is 0.235. The van der Waals surface area contributed by atoms with Gasteiger partial charge in [0.1, 0.15) is 0 Å². The minimum atomic E-state index is -0.521. The summed E-state index contributed by atoms with van der Waals surface area (Å²) >= 11 is 0. The smallest absolute Gasteiger partial charge is 0.311 e. The van der Waals surface area contributed by atoms with Gasteiger partial charge < -0.3 is 10.1 Å². The van der Waals surface area contributed by atoms with Crippen molar-refractivity contribution in [3.8, 4) is 5.75 Å². The van der Waals surface area contributed by atoms with Crippen LogP contribution in [0.15, 0.2) is 42.5 Å². The van der Waals surface area contributed by atoms with E-state index < -0.39 is 4.92 Å². The van der Waals surface area contributed by atoms with Crippen LogP contribution in [-0.2, 0) is 11.2 Å². The number of nitro benzene ring substituents is 1. The van der Waals surface area contributed by atoms with E-state index in [-0.39, 0.29) is 24.0 Å². The Balaban J connectivity index is 2.04. The Bertz CT molecular complexity index is 728. The van der Waals surface area contributed by atoms with Gasteiger partial charge in [-0.15, -0.1) is 0 Å². The van der Waals surface area contributed by atoms with Gasteiger partial charge in [0.15, 0.2) is 12.4 Å². The van der Waals surface area contributed by atoms with Gasteiger partial charge >= 0.3 is 5.69 Å². The topological polar surface area (TPSA) is 81.5 Å². The van der Waals surface area contributed by atoms with Crippen LogP contribution in [0, 0.1) is 17.0 Å². The molecule has 0 radical (unpaired) electrons. The zero-order chi connectivity index (χ0) is 16.8. The molecule has 0 saturated carbocycles. The molecule has 1 amide bonds. The minimum Gasteiger partial charge on any atom is -0.477 e. The Hall–Kier alpha value is -2.89. The molecule has 0 aliphatic carbocycles. The monoisotopic (exact) mass is 314 g/mol. The molecule has 0 saturated heterocycles. The molecule has 2 aromatic rings. The van der Waals surface area contributed by atoms with Crippen molar-refractivity contribution < 1.29 is 14.5 Å². The second-order valence-corrected chi connectivity index (χ2v) is 5.08. The minimum absolute atomic E-state index is 0.0829. The van der Waals surface area contributed by atoms with E-state index in [1.54, 1.807) is 13.0 Å². The van der Waals surface area contributed by atoms with Crippen LogP contribution in [0.25, 0.3) is 0 Å². The van der Waals surface area contributed by atoms with Crippen LogP contribution in [0.3, 0.4) is 0 Å². The summed E-state index contributed by atoms with van der Waals surface area (Å²) in [6.07, 6.45) is 0.792. The van der Waals surface area contributed by atoms with Crippen LogP contribution in [0.5, 0.6) is 5.75 Å². The largest absolute Gasteiger partial charge is 0.477 e. The van der Waals surface area contributed by atoms with E-state index in [0.29, 0.717) is 0 Å². The van der Waals surface area contributed by atoms with Crippen LogP contribution >= 0.6 is 0 Å². The molecule has 0 atom stereocenters. The van der Waals surface area contributed by atoms with E-state index in [1.165, 1.54) is 12.1 Å². The van der Waals surface area contributed by atoms with Gasteiger partial charge in [-0.25, -0.2) is 0 Å². The molecule has 0 aliphatic rings. The maximum Gasteiger partial charge on any atom is 0.311 e. The third-order valence-corrected chi connectivity index (χ3v) is 3.34. The summed E-state index contributed by atoms with van der Waals surface area (Å²) in [6, 6.07) is 12.1. The normalized spacial score (nSPS) is 10.2. The van der Waals surface area contributed by atoms with Gasteiger partial charge in [0.2, 0.25) is 0 Å². The maximum absolute atomic E-state index is 12.0. The Kier molecular flexibility index (Phi) is 5.30. The summed E-state index contributed by atoms with van der Waals surface area (Å²) in [4.78, 5) is 22.5. The maximum atomic E-state index is 12.0. The molecule has 2 rings (SSSR count). The number of carbonyl (C=O) groups is 1. The molecule has 0 aliphatic heterocycles. The Morgan fingerprint density at radius 3 is 2.70 bits per heavy atom. The van der Waals surface area contributed by atoms with Crippen molar-refractivity contribution in [2.45, 2.75) is 20.3 Å². The molecular formula is C17H18N2O4. The van der Waals surface area contributed by atoms with E-state index in [9.17, 15) is 14.9 Å². The van der Waals surface area contributed by atoms with Crippen molar-refractivity contribution in [3.63, 3.8) is 0 Å². The Morgan fingerprint density at radius 1 is 1.26 bits per heavy atom. The number of anilines is 1. The molecule has 0 aromatic heterocycles. The van der Waals surface area contributed by atoms with Crippen molar-refractivity contribution in [3.05, 3.63) is 63.7 Å². The first-order chi connectivity index (χ1) is 11.0. The molecule has 0 bridgehead atoms. The molecule has 2 aromatic carbocycles. The molecular weight excluding hydrogens is 296 g/mol. The number of nitrogens with zero attached hydrogens (tertiary/aromatic N) is 1. The molecule has 1 N–H and O–H groups in total. The highest BCUT2D eigenvalue weighted by atomic mass is 16.6. The Morgan fingerprint density at radius 2 is 2.00 bits per heavy atom. The molecule has 0 fully saturated rings. The van der Waals surface area contributed by atoms with E-state index >= 15 is 0 Å². The predicted octanol–water partition coefficient (Wildman–Crippen LogP) is 3.48. The van der Waals surface area contributed by atoms with E-state index in [2.05, 4.69) is 5.32 Å². The average molecular weight is 314 g/mol. The number of carbonyl (C=O) groups excluding carboxylic acids is 1. The summed E-state index contributed by atoms with van der Waals surface area (Å²) in [6.45, 7) is 3.46. The highest BCUT2D eigenvalue weighted by Gasteiger charge is 2.16. The first-order valence-corrected chi connectivity index (χ1v) is 7.27. The van der Waals surface area contributed by atoms with Gasteiger partial charge in [0, 0.05) is 11.8 Å². The van der Waals surface area contributed by atoms with Crippen molar-refractivity contribution in [2.24, 2.45) is 0 Å². The predicted molar refractivity (Wildman–Crippen MR) is 87.8 cm³/mol. The van der Waals surface area contributed by atoms with E-state index in [0.717, 1.165) is 23.2 Å². The number of nitrogens with one attached hydrogen (secondary N) is 1. The van der Waals surface area contributed by atoms with Gasteiger partial charge in [0.25, 0.3) is 5.91 Å². The molecule has 6 heteroatoms. The lowest BCUT2D eigenvalue weighted by Crippen LogP contribution is -2.21. The number of benzene rings is 2. The summed E-state index contributed by atoms with van der Waals surface area (Å²) in [7, 11) is 0. The highest BCUT2D eigenvalue weighted by Crippen LogP contribution is 2.27. The number of hydrogen-bond acceptors (Lipinski definition) is 4. The fourth-order valence-corrected chi connectivity index (χ4v) is 2.17. The zero-order valence-electron chi connectivity index (χ0n) is 13.0. The fourth-order valence-electron chi connectivity index (χ4n) is 2.17. The lowest BCUT2D eigenvalue weighted by Gasteiger charge is -2.11. The summed E-state index contributed by atoms with van der Waals surface area (Å²) < 4.78 is 5.31. The van der Waals surface area contributed by atoms with Crippen molar-refractivity contribution in [1.82, 2.24) is 0 Å². The van der Waals surface area contributed by atoms with Crippen LogP contribution in [0.2, 0.25) is 0 Å². The molecule has 0 spiro atoms. The average Bonchev–Trinajstić information content (AvgIpc) is 2.54. The first kappa shape index (κ1) is 16.5. The second-order valence-electron chi connectivity index (χ2n) is 5.08. The van der Waals surface area contributed by atoms with Gasteiger partial charge in [-0.1, -0.05) is 31.2 Å². The SMILES string of the molecule is CCc1ccccc1NC(=O)COc1ccc(C)cc1[N+](=O)[O-]. The highest BCUT2D eigenvalue weighted by molar-refractivity contribution is 5.92. The standard InChI is InChI=1S/C17H18N2O4/c1-3-13-6-4-5-7-14(13)18-17(20)11-23-16-9-8-12(2)10-15(16)19(21)22/h4-10H,3,11H2,1-2H3,(H,18,20). The summed E-state index contributed by atoms with van der Waals surface area (Å²) in [5, 5.41) is 13.8. The third-order valence-electron chi connectivity index (χ3n) is 3.34. The van der Waals surface area contributed by atoms with Crippen LogP contribution in [0.1, 0.15) is 18.1 Å². The van der Waals surface area contributed by atoms with E-state index in [4.69, 9.17) is 4.74 Å². The number of para-hydroxylation sites is 1. The van der Waals surface area contributed by atoms with Gasteiger partial charge in [-0.2, -0.15) is 0 Å². The molecule has 6 nitrogen and oxygen atoms in total. The van der Waals surface area contributed by atoms with Crippen molar-refractivity contribution in [1.29, 1.82) is 0 Å². The quantitative estimate of drug-likeness (QED) is 0.653. The summed E-state index contributed by atoms with van der Waals surface area (Å²) in [5.41, 5.74) is 2.35. The third kappa shape index (κ3) is 4.29. The molecule has 23 heavy (non-hydrogen) atoms. The second kappa shape index (κ2) is 7.40. The lowest BCUT2D eigenvalue weighted by atomic mass is 10.1. The first-order valence-electron chi connectivity index (χ1n) is 7.27. The Labute approximate surface area is 134 Å². The lowest BCUT2D eigenvalue weighted by molar-refractivity contribution is -0.385. The summed E-state index contributed by atoms with van der Waals surface area (Å²) in [5.74, 6) is -0.278. The molecule has 0 heterocycles.